The fourth-order valence-corrected chi connectivity index (χ4v) is 5.33. The standard InChI is InChI=1S/C30H18O.Zn/c31-30-21-8-2-1-6-18(21)14-17-26(30)25-16-15-20-13-12-19-7-5-11-23-22-9-3-4-10-24(22)29(25)28(20)27(19)23;/h1-17,31H;. The van der Waals surface area contributed by atoms with Crippen LogP contribution in [0, 0.1) is 0 Å². The topological polar surface area (TPSA) is 20.2 Å². The van der Waals surface area contributed by atoms with Gasteiger partial charge in [-0.3, -0.25) is 0 Å². The van der Waals surface area contributed by atoms with Crippen molar-refractivity contribution in [1.82, 2.24) is 0 Å². The molecular formula is C30H18OZn. The first-order valence-corrected chi connectivity index (χ1v) is 10.6. The minimum absolute atomic E-state index is 0. The molecule has 0 spiro atoms. The summed E-state index contributed by atoms with van der Waals surface area (Å²) < 4.78 is 0. The molecule has 0 atom stereocenters. The molecule has 0 saturated carbocycles. The molecule has 0 saturated heterocycles. The van der Waals surface area contributed by atoms with Gasteiger partial charge >= 0.3 is 0 Å². The van der Waals surface area contributed by atoms with Crippen LogP contribution in [-0.2, 0) is 19.5 Å². The Labute approximate surface area is 198 Å². The van der Waals surface area contributed by atoms with Crippen molar-refractivity contribution < 1.29 is 24.6 Å². The first kappa shape index (κ1) is 19.2. The average Bonchev–Trinajstić information content (AvgIpc) is 2.83. The molecule has 0 aliphatic heterocycles. The monoisotopic (exact) mass is 458 g/mol. The van der Waals surface area contributed by atoms with E-state index in [1.54, 1.807) is 0 Å². The van der Waals surface area contributed by atoms with Gasteiger partial charge in [0.15, 0.2) is 0 Å². The smallest absolute Gasteiger partial charge is 0.131 e. The molecular weight excluding hydrogens is 442 g/mol. The van der Waals surface area contributed by atoms with E-state index < -0.39 is 0 Å². The Morgan fingerprint density at radius 3 is 1.75 bits per heavy atom. The van der Waals surface area contributed by atoms with Crippen LogP contribution in [0.25, 0.3) is 65.0 Å². The maximum absolute atomic E-state index is 11.3. The van der Waals surface area contributed by atoms with E-state index in [0.29, 0.717) is 5.75 Å². The van der Waals surface area contributed by atoms with Gasteiger partial charge in [0.05, 0.1) is 0 Å². The van der Waals surface area contributed by atoms with Gasteiger partial charge in [-0.25, -0.2) is 0 Å². The zero-order chi connectivity index (χ0) is 20.5. The van der Waals surface area contributed by atoms with Crippen LogP contribution in [0.4, 0.5) is 0 Å². The maximum Gasteiger partial charge on any atom is 0.131 e. The van der Waals surface area contributed by atoms with E-state index in [9.17, 15) is 5.11 Å². The van der Waals surface area contributed by atoms with E-state index >= 15 is 0 Å². The largest absolute Gasteiger partial charge is 0.507 e. The summed E-state index contributed by atoms with van der Waals surface area (Å²) >= 11 is 0. The van der Waals surface area contributed by atoms with Crippen molar-refractivity contribution >= 4 is 53.9 Å². The average molecular weight is 460 g/mol. The van der Waals surface area contributed by atoms with Crippen molar-refractivity contribution in [2.24, 2.45) is 0 Å². The van der Waals surface area contributed by atoms with Crippen LogP contribution in [0.1, 0.15) is 0 Å². The third-order valence-electron chi connectivity index (χ3n) is 6.70. The van der Waals surface area contributed by atoms with Gasteiger partial charge in [0.1, 0.15) is 5.75 Å². The Balaban J connectivity index is 0.00000196. The van der Waals surface area contributed by atoms with E-state index in [1.807, 2.05) is 24.3 Å². The summed E-state index contributed by atoms with van der Waals surface area (Å²) in [4.78, 5) is 0. The second-order valence-electron chi connectivity index (χ2n) is 8.28. The van der Waals surface area contributed by atoms with Crippen molar-refractivity contribution in [1.29, 1.82) is 0 Å². The molecule has 0 aliphatic carbocycles. The van der Waals surface area contributed by atoms with E-state index in [-0.39, 0.29) is 19.5 Å². The molecule has 1 nitrogen and oxygen atoms in total. The molecule has 7 aromatic carbocycles. The Morgan fingerprint density at radius 2 is 0.906 bits per heavy atom. The van der Waals surface area contributed by atoms with E-state index in [0.717, 1.165) is 21.9 Å². The predicted molar refractivity (Wildman–Crippen MR) is 132 cm³/mol. The number of phenolic OH excluding ortho intramolecular Hbond substituents is 1. The molecule has 0 unspecified atom stereocenters. The number of hydrogen-bond donors (Lipinski definition) is 1. The second-order valence-corrected chi connectivity index (χ2v) is 8.28. The molecule has 1 N–H and O–H groups in total. The molecule has 32 heavy (non-hydrogen) atoms. The van der Waals surface area contributed by atoms with Gasteiger partial charge in [-0.15, -0.1) is 0 Å². The third kappa shape index (κ3) is 2.48. The van der Waals surface area contributed by atoms with Crippen LogP contribution in [0.5, 0.6) is 5.75 Å². The Hall–Kier alpha value is -3.48. The Kier molecular flexibility index (Phi) is 4.22. The van der Waals surface area contributed by atoms with Crippen molar-refractivity contribution in [3.8, 4) is 16.9 Å². The molecule has 2 heteroatoms. The van der Waals surface area contributed by atoms with Gasteiger partial charge in [-0.2, -0.15) is 0 Å². The number of hydrogen-bond acceptors (Lipinski definition) is 1. The molecule has 0 radical (unpaired) electrons. The zero-order valence-electron chi connectivity index (χ0n) is 17.5. The van der Waals surface area contributed by atoms with Crippen LogP contribution in [0.15, 0.2) is 103 Å². The fraction of sp³-hybridized carbons (Fsp3) is 0. The molecule has 0 aromatic heterocycles. The molecule has 0 aliphatic rings. The normalized spacial score (nSPS) is 11.6. The summed E-state index contributed by atoms with van der Waals surface area (Å²) in [6, 6.07) is 36.1. The Bertz CT molecular complexity index is 1800. The van der Waals surface area contributed by atoms with Crippen molar-refractivity contribution in [3.05, 3.63) is 103 Å². The summed E-state index contributed by atoms with van der Waals surface area (Å²) in [5.41, 5.74) is 1.95. The molecule has 0 fully saturated rings. The van der Waals surface area contributed by atoms with Crippen molar-refractivity contribution in [2.45, 2.75) is 0 Å². The number of phenols is 1. The molecule has 0 bridgehead atoms. The summed E-state index contributed by atoms with van der Waals surface area (Å²) in [6.07, 6.45) is 0. The van der Waals surface area contributed by atoms with E-state index in [1.165, 1.54) is 43.1 Å². The second kappa shape index (κ2) is 7.02. The van der Waals surface area contributed by atoms with Crippen LogP contribution in [0.3, 0.4) is 0 Å². The van der Waals surface area contributed by atoms with Crippen LogP contribution in [0.2, 0.25) is 0 Å². The van der Waals surface area contributed by atoms with Crippen LogP contribution in [-0.4, -0.2) is 5.11 Å². The van der Waals surface area contributed by atoms with Crippen LogP contribution >= 0.6 is 0 Å². The number of fused-ring (bicyclic) bond motifs is 4. The first-order chi connectivity index (χ1) is 15.3. The number of rotatable bonds is 1. The zero-order valence-corrected chi connectivity index (χ0v) is 20.4. The molecule has 146 valence electrons. The summed E-state index contributed by atoms with van der Waals surface area (Å²) in [5.74, 6) is 0.345. The van der Waals surface area contributed by atoms with Gasteiger partial charge < -0.3 is 5.11 Å². The quantitative estimate of drug-likeness (QED) is 0.149. The number of aromatic hydroxyl groups is 1. The molecule has 7 aromatic rings. The van der Waals surface area contributed by atoms with Gasteiger partial charge in [-0.1, -0.05) is 97.1 Å². The van der Waals surface area contributed by atoms with Crippen molar-refractivity contribution in [3.63, 3.8) is 0 Å². The SMILES string of the molecule is Oc1c(-c2ccc3ccc4cccc5c6ccccc6c2c3c45)ccc2ccccc12.[Zn]. The van der Waals surface area contributed by atoms with E-state index in [4.69, 9.17) is 0 Å². The first-order valence-electron chi connectivity index (χ1n) is 10.6. The van der Waals surface area contributed by atoms with Gasteiger partial charge in [0.2, 0.25) is 0 Å². The molecule has 7 rings (SSSR count). The maximum atomic E-state index is 11.3. The van der Waals surface area contributed by atoms with Gasteiger partial charge in [0.25, 0.3) is 0 Å². The van der Waals surface area contributed by atoms with Crippen molar-refractivity contribution in [2.75, 3.05) is 0 Å². The fourth-order valence-electron chi connectivity index (χ4n) is 5.33. The molecule has 0 heterocycles. The van der Waals surface area contributed by atoms with Gasteiger partial charge in [-0.05, 0) is 60.1 Å². The van der Waals surface area contributed by atoms with Crippen LogP contribution < -0.4 is 0 Å². The summed E-state index contributed by atoms with van der Waals surface area (Å²) in [7, 11) is 0. The van der Waals surface area contributed by atoms with E-state index in [2.05, 4.69) is 78.9 Å². The molecule has 0 amide bonds. The summed E-state index contributed by atoms with van der Waals surface area (Å²) in [5, 5.41) is 23.2. The van der Waals surface area contributed by atoms with Gasteiger partial charge in [0, 0.05) is 30.4 Å². The third-order valence-corrected chi connectivity index (χ3v) is 6.70. The predicted octanol–water partition coefficient (Wildman–Crippen LogP) is 8.26. The summed E-state index contributed by atoms with van der Waals surface area (Å²) in [6.45, 7) is 0. The minimum Gasteiger partial charge on any atom is -0.507 e. The Morgan fingerprint density at radius 1 is 0.375 bits per heavy atom. The number of benzene rings is 7. The minimum atomic E-state index is 0.